The second kappa shape index (κ2) is 6.57. The van der Waals surface area contributed by atoms with Gasteiger partial charge in [-0.1, -0.05) is 12.1 Å². The molecule has 0 unspecified atom stereocenters. The monoisotopic (exact) mass is 330 g/mol. The van der Waals surface area contributed by atoms with E-state index < -0.39 is 35.2 Å². The third-order valence-electron chi connectivity index (χ3n) is 3.88. The third kappa shape index (κ3) is 3.82. The number of rotatable bonds is 3. The van der Waals surface area contributed by atoms with Crippen molar-refractivity contribution in [3.63, 3.8) is 0 Å². The van der Waals surface area contributed by atoms with Gasteiger partial charge in [0.25, 0.3) is 5.91 Å². The van der Waals surface area contributed by atoms with Gasteiger partial charge in [0, 0.05) is 32.5 Å². The molecule has 0 bridgehead atoms. The normalized spacial score (nSPS) is 21.3. The topological polar surface area (TPSA) is 69.6 Å². The number of nitrogens with one attached hydrogen (secondary N) is 1. The van der Waals surface area contributed by atoms with Crippen molar-refractivity contribution in [1.82, 2.24) is 10.2 Å². The first-order valence-electron chi connectivity index (χ1n) is 7.08. The minimum atomic E-state index is -4.63. The molecule has 1 aromatic carbocycles. The molecule has 2 rings (SSSR count). The van der Waals surface area contributed by atoms with Crippen molar-refractivity contribution in [3.05, 3.63) is 35.4 Å². The van der Waals surface area contributed by atoms with Crippen LogP contribution in [0.3, 0.4) is 0 Å². The molecule has 1 aromatic rings. The molecule has 2 N–H and O–H groups in total. The van der Waals surface area contributed by atoms with Crippen LogP contribution in [0.1, 0.15) is 22.3 Å². The molecule has 1 fully saturated rings. The quantitative estimate of drug-likeness (QED) is 0.877. The lowest BCUT2D eigenvalue weighted by Gasteiger charge is -2.19. The van der Waals surface area contributed by atoms with E-state index in [-0.39, 0.29) is 25.4 Å². The van der Waals surface area contributed by atoms with Crippen LogP contribution in [0, 0.1) is 5.92 Å². The summed E-state index contributed by atoms with van der Waals surface area (Å²) < 4.78 is 39.0. The number of nitrogens with zero attached hydrogens (tertiary/aromatic N) is 1. The van der Waals surface area contributed by atoms with Gasteiger partial charge in [0.1, 0.15) is 0 Å². The minimum absolute atomic E-state index is 0.0162. The van der Waals surface area contributed by atoms with E-state index in [4.69, 9.17) is 0 Å². The van der Waals surface area contributed by atoms with E-state index in [0.717, 1.165) is 17.0 Å². The number of amides is 2. The van der Waals surface area contributed by atoms with Gasteiger partial charge in [-0.15, -0.1) is 0 Å². The van der Waals surface area contributed by atoms with Crippen LogP contribution >= 0.6 is 0 Å². The van der Waals surface area contributed by atoms with Gasteiger partial charge in [-0.25, -0.2) is 0 Å². The van der Waals surface area contributed by atoms with Crippen molar-refractivity contribution in [2.75, 3.05) is 20.1 Å². The van der Waals surface area contributed by atoms with Crippen LogP contribution in [-0.2, 0) is 11.0 Å². The Hall–Kier alpha value is -2.09. The highest BCUT2D eigenvalue weighted by atomic mass is 19.4. The van der Waals surface area contributed by atoms with Crippen LogP contribution in [-0.4, -0.2) is 48.1 Å². The zero-order valence-corrected chi connectivity index (χ0v) is 12.4. The number of carbonyl (C=O) groups excluding carboxylic acids is 2. The summed E-state index contributed by atoms with van der Waals surface area (Å²) in [6.07, 6.45) is -5.55. The lowest BCUT2D eigenvalue weighted by Crippen LogP contribution is -2.31. The molecule has 1 heterocycles. The molecule has 0 radical (unpaired) electrons. The maximum atomic E-state index is 13.0. The molecular weight excluding hydrogens is 313 g/mol. The Balaban J connectivity index is 2.18. The summed E-state index contributed by atoms with van der Waals surface area (Å²) in [6.45, 7) is -0.0493. The minimum Gasteiger partial charge on any atom is -0.391 e. The summed E-state index contributed by atoms with van der Waals surface area (Å²) in [7, 11) is 1.45. The van der Waals surface area contributed by atoms with E-state index in [2.05, 4.69) is 5.32 Å². The second-order valence-electron chi connectivity index (χ2n) is 5.46. The zero-order valence-electron chi connectivity index (χ0n) is 12.4. The van der Waals surface area contributed by atoms with Crippen LogP contribution in [0.2, 0.25) is 0 Å². The molecule has 0 aromatic heterocycles. The number of hydrogen-bond acceptors (Lipinski definition) is 3. The van der Waals surface area contributed by atoms with E-state index in [1.807, 2.05) is 0 Å². The number of aliphatic hydroxyl groups is 1. The van der Waals surface area contributed by atoms with E-state index in [9.17, 15) is 27.9 Å². The fourth-order valence-electron chi connectivity index (χ4n) is 2.65. The Morgan fingerprint density at radius 2 is 1.96 bits per heavy atom. The molecule has 0 saturated carbocycles. The van der Waals surface area contributed by atoms with Gasteiger partial charge in [0.15, 0.2) is 0 Å². The van der Waals surface area contributed by atoms with Gasteiger partial charge < -0.3 is 15.3 Å². The Morgan fingerprint density at radius 3 is 2.57 bits per heavy atom. The Kier molecular flexibility index (Phi) is 4.93. The molecule has 2 atom stereocenters. The molecule has 5 nitrogen and oxygen atoms in total. The van der Waals surface area contributed by atoms with Crippen molar-refractivity contribution in [2.45, 2.75) is 18.7 Å². The number of β-amino-alcohol motifs (C(OH)–C–C–N with tert-alkyl or cyclic N) is 1. The van der Waals surface area contributed by atoms with Crippen molar-refractivity contribution in [2.24, 2.45) is 5.92 Å². The molecule has 1 aliphatic rings. The summed E-state index contributed by atoms with van der Waals surface area (Å²) in [5.74, 6) is -1.58. The van der Waals surface area contributed by atoms with Crippen LogP contribution in [0.4, 0.5) is 13.2 Å². The number of hydrogen-bond donors (Lipinski definition) is 2. The summed E-state index contributed by atoms with van der Waals surface area (Å²) in [5, 5.41) is 12.3. The Morgan fingerprint density at radius 1 is 1.30 bits per heavy atom. The summed E-state index contributed by atoms with van der Waals surface area (Å²) in [5.41, 5.74) is -1.46. The molecule has 8 heteroatoms. The zero-order chi connectivity index (χ0) is 17.2. The van der Waals surface area contributed by atoms with Gasteiger partial charge in [0.2, 0.25) is 5.91 Å². The van der Waals surface area contributed by atoms with Crippen LogP contribution < -0.4 is 5.32 Å². The van der Waals surface area contributed by atoms with Crippen molar-refractivity contribution in [3.8, 4) is 0 Å². The number of aliphatic hydroxyl groups excluding tert-OH is 1. The van der Waals surface area contributed by atoms with Crippen LogP contribution in [0.15, 0.2) is 24.3 Å². The predicted molar refractivity (Wildman–Crippen MR) is 75.5 cm³/mol. The van der Waals surface area contributed by atoms with Gasteiger partial charge in [-0.3, -0.25) is 9.59 Å². The summed E-state index contributed by atoms with van der Waals surface area (Å²) in [6, 6.07) is 4.54. The first-order chi connectivity index (χ1) is 10.7. The summed E-state index contributed by atoms with van der Waals surface area (Å²) in [4.78, 5) is 24.9. The smallest absolute Gasteiger partial charge is 0.391 e. The second-order valence-corrected chi connectivity index (χ2v) is 5.46. The van der Waals surface area contributed by atoms with Crippen molar-refractivity contribution in [1.29, 1.82) is 0 Å². The highest BCUT2D eigenvalue weighted by Crippen LogP contribution is 2.33. The van der Waals surface area contributed by atoms with E-state index >= 15 is 0 Å². The van der Waals surface area contributed by atoms with E-state index in [1.165, 1.54) is 19.2 Å². The maximum absolute atomic E-state index is 13.0. The van der Waals surface area contributed by atoms with Gasteiger partial charge in [-0.2, -0.15) is 13.2 Å². The van der Waals surface area contributed by atoms with Crippen molar-refractivity contribution < 1.29 is 27.9 Å². The van der Waals surface area contributed by atoms with Crippen LogP contribution in [0.5, 0.6) is 0 Å². The van der Waals surface area contributed by atoms with Gasteiger partial charge in [-0.05, 0) is 12.1 Å². The van der Waals surface area contributed by atoms with Gasteiger partial charge >= 0.3 is 6.18 Å². The average molecular weight is 330 g/mol. The highest BCUT2D eigenvalue weighted by Gasteiger charge is 2.39. The standard InChI is InChI=1S/C15H17F3N2O3/c1-19-13(22)6-9-7-20(8-12(9)21)14(23)10-4-2-3-5-11(10)15(16,17)18/h2-5,9,12,21H,6-8H2,1H3,(H,19,22)/t9-,12-/m0/s1. The van der Waals surface area contributed by atoms with E-state index in [1.54, 1.807) is 0 Å². The average Bonchev–Trinajstić information content (AvgIpc) is 2.86. The third-order valence-corrected chi connectivity index (χ3v) is 3.88. The maximum Gasteiger partial charge on any atom is 0.417 e. The number of halogens is 3. The van der Waals surface area contributed by atoms with Crippen LogP contribution in [0.25, 0.3) is 0 Å². The fraction of sp³-hybridized carbons (Fsp3) is 0.467. The highest BCUT2D eigenvalue weighted by molar-refractivity contribution is 5.96. The van der Waals surface area contributed by atoms with Gasteiger partial charge in [0.05, 0.1) is 17.2 Å². The lowest BCUT2D eigenvalue weighted by molar-refractivity contribution is -0.138. The molecule has 23 heavy (non-hydrogen) atoms. The predicted octanol–water partition coefficient (Wildman–Crippen LogP) is 1.27. The number of alkyl halides is 3. The molecule has 0 spiro atoms. The van der Waals surface area contributed by atoms with Crippen molar-refractivity contribution >= 4 is 11.8 Å². The lowest BCUT2D eigenvalue weighted by atomic mass is 10.0. The first kappa shape index (κ1) is 17.3. The molecule has 1 aliphatic heterocycles. The van der Waals surface area contributed by atoms with E-state index in [0.29, 0.717) is 0 Å². The number of benzene rings is 1. The largest absolute Gasteiger partial charge is 0.417 e. The molecular formula is C15H17F3N2O3. The molecule has 1 saturated heterocycles. The summed E-state index contributed by atoms with van der Waals surface area (Å²) >= 11 is 0. The fourth-order valence-corrected chi connectivity index (χ4v) is 2.65. The molecule has 2 amide bonds. The Labute approximate surface area is 131 Å². The molecule has 126 valence electrons. The number of carbonyl (C=O) groups is 2. The Bertz CT molecular complexity index is 604. The first-order valence-corrected chi connectivity index (χ1v) is 7.08. The number of likely N-dealkylation sites (tertiary alicyclic amines) is 1. The SMILES string of the molecule is CNC(=O)C[C@H]1CN(C(=O)c2ccccc2C(F)(F)F)C[C@@H]1O. The molecule has 0 aliphatic carbocycles.